The van der Waals surface area contributed by atoms with Gasteiger partial charge in [-0.3, -0.25) is 9.59 Å². The first kappa shape index (κ1) is 27.1. The van der Waals surface area contributed by atoms with E-state index in [4.69, 9.17) is 9.47 Å². The van der Waals surface area contributed by atoms with Crippen molar-refractivity contribution in [3.05, 3.63) is 83.7 Å². The van der Waals surface area contributed by atoms with E-state index in [0.717, 1.165) is 25.7 Å². The van der Waals surface area contributed by atoms with Crippen LogP contribution in [0.5, 0.6) is 11.5 Å². The molecule has 1 atom stereocenters. The van der Waals surface area contributed by atoms with Gasteiger partial charge in [0.1, 0.15) is 35.4 Å². The van der Waals surface area contributed by atoms with Crippen LogP contribution < -0.4 is 14.8 Å². The Labute approximate surface area is 231 Å². The molecule has 5 rings (SSSR count). The highest BCUT2D eigenvalue weighted by Gasteiger charge is 2.36. The van der Waals surface area contributed by atoms with Gasteiger partial charge < -0.3 is 19.7 Å². The Morgan fingerprint density at radius 1 is 1.05 bits per heavy atom. The molecule has 0 aliphatic heterocycles. The summed E-state index contributed by atoms with van der Waals surface area (Å²) in [6.45, 7) is -0.101. The standard InChI is InChI=1S/C30H32FN5O4/c1-39-23-15-16-27(40-2)24(17-23)29(30(38)32-22-7-3-4-8-22)35(18-20-11-13-21(31)14-12-20)28(37)19-36-26-10-6-5-9-25(26)33-34-36/h5-6,9-17,22,29H,3-4,7-8,18-19H2,1-2H3,(H,32,38)/t29-/m1/s1. The van der Waals surface area contributed by atoms with E-state index < -0.39 is 6.04 Å². The first-order valence-corrected chi connectivity index (χ1v) is 13.3. The summed E-state index contributed by atoms with van der Waals surface area (Å²) in [6.07, 6.45) is 3.83. The van der Waals surface area contributed by atoms with Gasteiger partial charge in [0, 0.05) is 18.2 Å². The van der Waals surface area contributed by atoms with Crippen LogP contribution in [0.15, 0.2) is 66.7 Å². The van der Waals surface area contributed by atoms with Crippen molar-refractivity contribution < 1.29 is 23.5 Å². The number of benzene rings is 3. The molecule has 40 heavy (non-hydrogen) atoms. The summed E-state index contributed by atoms with van der Waals surface area (Å²) < 4.78 is 26.4. The number of para-hydroxylation sites is 1. The fourth-order valence-electron chi connectivity index (χ4n) is 5.22. The summed E-state index contributed by atoms with van der Waals surface area (Å²) in [4.78, 5) is 29.7. The lowest BCUT2D eigenvalue weighted by atomic mass is 10.0. The average molecular weight is 546 g/mol. The lowest BCUT2D eigenvalue weighted by Crippen LogP contribution is -2.46. The van der Waals surface area contributed by atoms with Gasteiger partial charge in [-0.2, -0.15) is 0 Å². The molecule has 0 unspecified atom stereocenters. The first-order chi connectivity index (χ1) is 19.5. The summed E-state index contributed by atoms with van der Waals surface area (Å²) in [5.41, 5.74) is 2.50. The van der Waals surface area contributed by atoms with Crippen molar-refractivity contribution in [3.63, 3.8) is 0 Å². The molecule has 0 radical (unpaired) electrons. The van der Waals surface area contributed by atoms with Crippen LogP contribution >= 0.6 is 0 Å². The average Bonchev–Trinajstić information content (AvgIpc) is 3.64. The number of halogens is 1. The maximum absolute atomic E-state index is 14.1. The fraction of sp³-hybridized carbons (Fsp3) is 0.333. The molecule has 9 nitrogen and oxygen atoms in total. The smallest absolute Gasteiger partial charge is 0.247 e. The van der Waals surface area contributed by atoms with Crippen molar-refractivity contribution in [2.24, 2.45) is 0 Å². The zero-order chi connectivity index (χ0) is 28.1. The summed E-state index contributed by atoms with van der Waals surface area (Å²) in [5, 5.41) is 11.5. The molecule has 0 spiro atoms. The van der Waals surface area contributed by atoms with Crippen molar-refractivity contribution in [1.29, 1.82) is 0 Å². The van der Waals surface area contributed by atoms with Crippen molar-refractivity contribution in [1.82, 2.24) is 25.2 Å². The summed E-state index contributed by atoms with van der Waals surface area (Å²) in [5.74, 6) is -0.115. The van der Waals surface area contributed by atoms with Crippen LogP contribution in [0.4, 0.5) is 4.39 Å². The Morgan fingerprint density at radius 3 is 2.52 bits per heavy atom. The molecule has 1 aliphatic rings. The topological polar surface area (TPSA) is 98.6 Å². The first-order valence-electron chi connectivity index (χ1n) is 13.3. The van der Waals surface area contributed by atoms with Crippen LogP contribution in [-0.4, -0.2) is 52.0 Å². The third kappa shape index (κ3) is 5.90. The molecule has 1 heterocycles. The number of nitrogens with zero attached hydrogens (tertiary/aromatic N) is 4. The third-order valence-corrected chi connectivity index (χ3v) is 7.28. The Balaban J connectivity index is 1.59. The quantitative estimate of drug-likeness (QED) is 0.317. The normalized spacial score (nSPS) is 14.2. The SMILES string of the molecule is COc1ccc(OC)c([C@H](C(=O)NC2CCCC2)N(Cc2ccc(F)cc2)C(=O)Cn2nnc3ccccc32)c1. The van der Waals surface area contributed by atoms with Crippen LogP contribution in [0, 0.1) is 5.82 Å². The lowest BCUT2D eigenvalue weighted by Gasteiger charge is -2.33. The molecule has 4 aromatic rings. The summed E-state index contributed by atoms with van der Waals surface area (Å²) >= 11 is 0. The van der Waals surface area contributed by atoms with E-state index in [0.29, 0.717) is 33.7 Å². The number of nitrogens with one attached hydrogen (secondary N) is 1. The van der Waals surface area contributed by atoms with Gasteiger partial charge in [0.15, 0.2) is 0 Å². The van der Waals surface area contributed by atoms with Crippen molar-refractivity contribution in [2.75, 3.05) is 14.2 Å². The molecule has 1 saturated carbocycles. The van der Waals surface area contributed by atoms with E-state index in [1.807, 2.05) is 24.3 Å². The highest BCUT2D eigenvalue weighted by atomic mass is 19.1. The number of methoxy groups -OCH3 is 2. The number of rotatable bonds is 10. The predicted octanol–water partition coefficient (Wildman–Crippen LogP) is 4.42. The second-order valence-electron chi connectivity index (χ2n) is 9.88. The van der Waals surface area contributed by atoms with Gasteiger partial charge >= 0.3 is 0 Å². The maximum Gasteiger partial charge on any atom is 0.247 e. The molecule has 1 N–H and O–H groups in total. The predicted molar refractivity (Wildman–Crippen MR) is 147 cm³/mol. The van der Waals surface area contributed by atoms with Crippen LogP contribution in [0.1, 0.15) is 42.9 Å². The zero-order valence-electron chi connectivity index (χ0n) is 22.5. The fourth-order valence-corrected chi connectivity index (χ4v) is 5.22. The third-order valence-electron chi connectivity index (χ3n) is 7.28. The number of carbonyl (C=O) groups excluding carboxylic acids is 2. The van der Waals surface area contributed by atoms with E-state index in [-0.39, 0.29) is 36.8 Å². The highest BCUT2D eigenvalue weighted by molar-refractivity contribution is 5.90. The minimum Gasteiger partial charge on any atom is -0.497 e. The number of aromatic nitrogens is 3. The van der Waals surface area contributed by atoms with Crippen molar-refractivity contribution in [3.8, 4) is 11.5 Å². The largest absolute Gasteiger partial charge is 0.497 e. The van der Waals surface area contributed by atoms with Gasteiger partial charge in [-0.05, 0) is 60.9 Å². The van der Waals surface area contributed by atoms with Gasteiger partial charge in [-0.1, -0.05) is 42.3 Å². The van der Waals surface area contributed by atoms with Gasteiger partial charge in [0.05, 0.1) is 19.7 Å². The number of carbonyl (C=O) groups is 2. The molecule has 3 aromatic carbocycles. The molecule has 1 aromatic heterocycles. The number of ether oxygens (including phenoxy) is 2. The molecule has 10 heteroatoms. The monoisotopic (exact) mass is 545 g/mol. The van der Waals surface area contributed by atoms with Gasteiger partial charge in [0.25, 0.3) is 0 Å². The van der Waals surface area contributed by atoms with Gasteiger partial charge in [0.2, 0.25) is 11.8 Å². The molecule has 1 fully saturated rings. The number of amides is 2. The molecule has 208 valence electrons. The van der Waals surface area contributed by atoms with Gasteiger partial charge in [-0.25, -0.2) is 9.07 Å². The van der Waals surface area contributed by atoms with Crippen molar-refractivity contribution >= 4 is 22.8 Å². The van der Waals surface area contributed by atoms with Crippen LogP contribution in [-0.2, 0) is 22.7 Å². The Hall–Kier alpha value is -4.47. The summed E-state index contributed by atoms with van der Waals surface area (Å²) in [7, 11) is 3.06. The minimum atomic E-state index is -1.06. The number of fused-ring (bicyclic) bond motifs is 1. The Bertz CT molecular complexity index is 1480. The number of hydrogen-bond acceptors (Lipinski definition) is 6. The van der Waals surface area contributed by atoms with Crippen molar-refractivity contribution in [2.45, 2.75) is 50.9 Å². The molecule has 0 bridgehead atoms. The van der Waals surface area contributed by atoms with E-state index in [1.54, 1.807) is 30.3 Å². The van der Waals surface area contributed by atoms with Crippen LogP contribution in [0.3, 0.4) is 0 Å². The molecular formula is C30H32FN5O4. The molecular weight excluding hydrogens is 513 g/mol. The zero-order valence-corrected chi connectivity index (χ0v) is 22.5. The van der Waals surface area contributed by atoms with E-state index >= 15 is 0 Å². The lowest BCUT2D eigenvalue weighted by molar-refractivity contribution is -0.142. The number of hydrogen-bond donors (Lipinski definition) is 1. The Kier molecular flexibility index (Phi) is 8.23. The minimum absolute atomic E-state index is 0.0219. The molecule has 2 amide bonds. The van der Waals surface area contributed by atoms with Crippen LogP contribution in [0.25, 0.3) is 11.0 Å². The highest BCUT2D eigenvalue weighted by Crippen LogP contribution is 2.35. The molecule has 1 aliphatic carbocycles. The second-order valence-corrected chi connectivity index (χ2v) is 9.88. The van der Waals surface area contributed by atoms with E-state index in [1.165, 1.54) is 35.9 Å². The van der Waals surface area contributed by atoms with E-state index in [2.05, 4.69) is 15.6 Å². The summed E-state index contributed by atoms with van der Waals surface area (Å²) in [6, 6.07) is 17.4. The Morgan fingerprint density at radius 2 is 1.80 bits per heavy atom. The van der Waals surface area contributed by atoms with Gasteiger partial charge in [-0.15, -0.1) is 5.10 Å². The maximum atomic E-state index is 14.1. The molecule has 0 saturated heterocycles. The van der Waals surface area contributed by atoms with E-state index in [9.17, 15) is 14.0 Å². The second kappa shape index (κ2) is 12.1. The van der Waals surface area contributed by atoms with Crippen LogP contribution in [0.2, 0.25) is 0 Å².